The summed E-state index contributed by atoms with van der Waals surface area (Å²) in [4.78, 5) is 2.63. The Hall–Kier alpha value is -1.06. The summed E-state index contributed by atoms with van der Waals surface area (Å²) in [7, 11) is 1.73. The normalized spacial score (nSPS) is 25.8. The molecule has 3 nitrogen and oxygen atoms in total. The van der Waals surface area contributed by atoms with E-state index in [9.17, 15) is 0 Å². The van der Waals surface area contributed by atoms with E-state index in [-0.39, 0.29) is 0 Å². The third-order valence-corrected chi connectivity index (χ3v) is 3.77. The van der Waals surface area contributed by atoms with E-state index >= 15 is 0 Å². The van der Waals surface area contributed by atoms with Crippen molar-refractivity contribution in [2.75, 3.05) is 26.7 Å². The first-order chi connectivity index (χ1) is 8.36. The fraction of sp³-hybridized carbons (Fsp3) is 0.571. The van der Waals surface area contributed by atoms with E-state index in [1.807, 2.05) is 6.07 Å². The Kier molecular flexibility index (Phi) is 3.04. The Morgan fingerprint density at radius 3 is 3.00 bits per heavy atom. The highest BCUT2D eigenvalue weighted by molar-refractivity contribution is 5.31. The molecule has 1 saturated carbocycles. The van der Waals surface area contributed by atoms with Gasteiger partial charge in [0.2, 0.25) is 0 Å². The van der Waals surface area contributed by atoms with Gasteiger partial charge in [-0.15, -0.1) is 0 Å². The van der Waals surface area contributed by atoms with Crippen LogP contribution >= 0.6 is 0 Å². The van der Waals surface area contributed by atoms with E-state index in [0.29, 0.717) is 6.04 Å². The van der Waals surface area contributed by atoms with Gasteiger partial charge in [-0.2, -0.15) is 0 Å². The molecule has 3 rings (SSSR count). The molecule has 2 fully saturated rings. The van der Waals surface area contributed by atoms with Crippen LogP contribution < -0.4 is 10.1 Å². The molecule has 1 aliphatic carbocycles. The molecule has 1 atom stereocenters. The van der Waals surface area contributed by atoms with Gasteiger partial charge in [-0.3, -0.25) is 4.90 Å². The number of hydrogen-bond acceptors (Lipinski definition) is 3. The predicted octanol–water partition coefficient (Wildman–Crippen LogP) is 1.80. The Bertz CT molecular complexity index is 390. The molecule has 17 heavy (non-hydrogen) atoms. The van der Waals surface area contributed by atoms with Crippen LogP contribution in [0.1, 0.15) is 24.4 Å². The molecule has 1 N–H and O–H groups in total. The SMILES string of the molecule is COc1cccc(C2CN(C3CC3)CCN2)c1. The molecule has 0 radical (unpaired) electrons. The van der Waals surface area contributed by atoms with Gasteiger partial charge in [-0.25, -0.2) is 0 Å². The fourth-order valence-corrected chi connectivity index (χ4v) is 2.63. The Morgan fingerprint density at radius 1 is 1.35 bits per heavy atom. The molecular formula is C14H20N2O. The number of nitrogens with zero attached hydrogens (tertiary/aromatic N) is 1. The average molecular weight is 232 g/mol. The third kappa shape index (κ3) is 2.45. The van der Waals surface area contributed by atoms with Crippen LogP contribution in [0.5, 0.6) is 5.75 Å². The first-order valence-electron chi connectivity index (χ1n) is 6.48. The summed E-state index contributed by atoms with van der Waals surface area (Å²) in [6, 6.07) is 9.74. The second-order valence-corrected chi connectivity index (χ2v) is 5.01. The Morgan fingerprint density at radius 2 is 2.24 bits per heavy atom. The van der Waals surface area contributed by atoms with Gasteiger partial charge in [0.15, 0.2) is 0 Å². The maximum atomic E-state index is 5.29. The van der Waals surface area contributed by atoms with E-state index in [1.165, 1.54) is 24.9 Å². The van der Waals surface area contributed by atoms with E-state index in [2.05, 4.69) is 28.4 Å². The summed E-state index contributed by atoms with van der Waals surface area (Å²) in [5.41, 5.74) is 1.34. The van der Waals surface area contributed by atoms with E-state index in [1.54, 1.807) is 7.11 Å². The van der Waals surface area contributed by atoms with Crippen molar-refractivity contribution in [2.45, 2.75) is 24.9 Å². The monoisotopic (exact) mass is 232 g/mol. The summed E-state index contributed by atoms with van der Waals surface area (Å²) in [6.07, 6.45) is 2.79. The first-order valence-corrected chi connectivity index (χ1v) is 6.48. The summed E-state index contributed by atoms with van der Waals surface area (Å²) in [5.74, 6) is 0.952. The van der Waals surface area contributed by atoms with E-state index in [4.69, 9.17) is 4.74 Å². The van der Waals surface area contributed by atoms with Gasteiger partial charge in [0.1, 0.15) is 5.75 Å². The lowest BCUT2D eigenvalue weighted by Crippen LogP contribution is -2.46. The molecule has 3 heteroatoms. The number of hydrogen-bond donors (Lipinski definition) is 1. The Labute approximate surface area is 103 Å². The third-order valence-electron chi connectivity index (χ3n) is 3.77. The molecular weight excluding hydrogens is 212 g/mol. The van der Waals surface area contributed by atoms with Gasteiger partial charge in [-0.1, -0.05) is 12.1 Å². The molecule has 1 aromatic rings. The van der Waals surface area contributed by atoms with Crippen LogP contribution in [0.3, 0.4) is 0 Å². The Balaban J connectivity index is 1.73. The maximum absolute atomic E-state index is 5.29. The van der Waals surface area contributed by atoms with Crippen LogP contribution in [-0.2, 0) is 0 Å². The van der Waals surface area contributed by atoms with Gasteiger partial charge in [0.25, 0.3) is 0 Å². The zero-order valence-electron chi connectivity index (χ0n) is 10.4. The second-order valence-electron chi connectivity index (χ2n) is 5.01. The first kappa shape index (κ1) is 11.1. The molecule has 1 aromatic carbocycles. The van der Waals surface area contributed by atoms with Crippen LogP contribution in [0.15, 0.2) is 24.3 Å². The summed E-state index contributed by atoms with van der Waals surface area (Å²) < 4.78 is 5.29. The number of piperazine rings is 1. The van der Waals surface area contributed by atoms with Gasteiger partial charge in [0, 0.05) is 31.7 Å². The number of nitrogens with one attached hydrogen (secondary N) is 1. The lowest BCUT2D eigenvalue weighted by atomic mass is 10.0. The number of benzene rings is 1. The molecule has 1 aliphatic heterocycles. The highest BCUT2D eigenvalue weighted by atomic mass is 16.5. The number of rotatable bonds is 3. The highest BCUT2D eigenvalue weighted by Crippen LogP contribution is 2.30. The second kappa shape index (κ2) is 4.67. The maximum Gasteiger partial charge on any atom is 0.119 e. The van der Waals surface area contributed by atoms with Gasteiger partial charge >= 0.3 is 0 Å². The van der Waals surface area contributed by atoms with Crippen molar-refractivity contribution in [3.8, 4) is 5.75 Å². The molecule has 0 bridgehead atoms. The molecule has 0 amide bonds. The number of ether oxygens (including phenoxy) is 1. The average Bonchev–Trinajstić information content (AvgIpc) is 3.23. The lowest BCUT2D eigenvalue weighted by Gasteiger charge is -2.34. The van der Waals surface area contributed by atoms with Crippen molar-refractivity contribution in [2.24, 2.45) is 0 Å². The van der Waals surface area contributed by atoms with E-state index < -0.39 is 0 Å². The van der Waals surface area contributed by atoms with Gasteiger partial charge in [0.05, 0.1) is 7.11 Å². The molecule has 1 saturated heterocycles. The van der Waals surface area contributed by atoms with Crippen molar-refractivity contribution < 1.29 is 4.74 Å². The largest absolute Gasteiger partial charge is 0.497 e. The van der Waals surface area contributed by atoms with Crippen LogP contribution in [0.25, 0.3) is 0 Å². The van der Waals surface area contributed by atoms with Crippen molar-refractivity contribution in [3.05, 3.63) is 29.8 Å². The minimum Gasteiger partial charge on any atom is -0.497 e. The van der Waals surface area contributed by atoms with Crippen LogP contribution in [0.2, 0.25) is 0 Å². The van der Waals surface area contributed by atoms with Crippen molar-refractivity contribution in [1.82, 2.24) is 10.2 Å². The highest BCUT2D eigenvalue weighted by Gasteiger charge is 2.32. The lowest BCUT2D eigenvalue weighted by molar-refractivity contribution is 0.192. The smallest absolute Gasteiger partial charge is 0.119 e. The van der Waals surface area contributed by atoms with Crippen molar-refractivity contribution in [3.63, 3.8) is 0 Å². The van der Waals surface area contributed by atoms with Crippen LogP contribution in [-0.4, -0.2) is 37.7 Å². The van der Waals surface area contributed by atoms with Crippen LogP contribution in [0.4, 0.5) is 0 Å². The van der Waals surface area contributed by atoms with Crippen LogP contribution in [0, 0.1) is 0 Å². The predicted molar refractivity (Wildman–Crippen MR) is 68.3 cm³/mol. The molecule has 1 unspecified atom stereocenters. The zero-order chi connectivity index (χ0) is 11.7. The minimum absolute atomic E-state index is 0.458. The zero-order valence-corrected chi connectivity index (χ0v) is 10.4. The molecule has 92 valence electrons. The molecule has 0 aromatic heterocycles. The van der Waals surface area contributed by atoms with Crippen molar-refractivity contribution >= 4 is 0 Å². The quantitative estimate of drug-likeness (QED) is 0.860. The summed E-state index contributed by atoms with van der Waals surface area (Å²) in [5, 5.41) is 3.60. The number of methoxy groups -OCH3 is 1. The summed E-state index contributed by atoms with van der Waals surface area (Å²) in [6.45, 7) is 3.43. The summed E-state index contributed by atoms with van der Waals surface area (Å²) >= 11 is 0. The van der Waals surface area contributed by atoms with Gasteiger partial charge in [-0.05, 0) is 30.5 Å². The molecule has 0 spiro atoms. The van der Waals surface area contributed by atoms with Gasteiger partial charge < -0.3 is 10.1 Å². The minimum atomic E-state index is 0.458. The molecule has 1 heterocycles. The topological polar surface area (TPSA) is 24.5 Å². The fourth-order valence-electron chi connectivity index (χ4n) is 2.63. The molecule has 2 aliphatic rings. The standard InChI is InChI=1S/C14H20N2O/c1-17-13-4-2-3-11(9-13)14-10-16(8-7-15-14)12-5-6-12/h2-4,9,12,14-15H,5-8,10H2,1H3. The van der Waals surface area contributed by atoms with E-state index in [0.717, 1.165) is 24.9 Å². The van der Waals surface area contributed by atoms with Crippen molar-refractivity contribution in [1.29, 1.82) is 0 Å².